The number of rotatable bonds is 14. The van der Waals surface area contributed by atoms with Crippen molar-refractivity contribution in [3.05, 3.63) is 118 Å². The Hall–Kier alpha value is -3.58. The Kier molecular flexibility index (Phi) is 14.2. The van der Waals surface area contributed by atoms with Crippen molar-refractivity contribution in [3.63, 3.8) is 0 Å². The summed E-state index contributed by atoms with van der Waals surface area (Å²) in [5, 5.41) is 0. The van der Waals surface area contributed by atoms with E-state index in [1.54, 1.807) is 14.2 Å². The molecule has 0 N–H and O–H groups in total. The van der Waals surface area contributed by atoms with Crippen molar-refractivity contribution >= 4 is 11.3 Å². The Morgan fingerprint density at radius 3 is 1.00 bits per heavy atom. The van der Waals surface area contributed by atoms with Gasteiger partial charge in [-0.3, -0.25) is 0 Å². The maximum Gasteiger partial charge on any atom is 0.0736 e. The van der Waals surface area contributed by atoms with E-state index in [1.165, 1.54) is 65.4 Å². The highest BCUT2D eigenvalue weighted by Crippen LogP contribution is 2.50. The van der Waals surface area contributed by atoms with Crippen LogP contribution in [0.5, 0.6) is 0 Å². The lowest BCUT2D eigenvalue weighted by molar-refractivity contribution is 0.0539. The van der Waals surface area contributed by atoms with Gasteiger partial charge in [-0.25, -0.2) is 0 Å². The lowest BCUT2D eigenvalue weighted by atomic mass is 9.82. The van der Waals surface area contributed by atoms with Crippen LogP contribution >= 0.6 is 11.3 Å². The molecule has 4 nitrogen and oxygen atoms in total. The first kappa shape index (κ1) is 44.5. The van der Waals surface area contributed by atoms with Crippen molar-refractivity contribution in [3.8, 4) is 43.1 Å². The zero-order valence-electron chi connectivity index (χ0n) is 37.4. The van der Waals surface area contributed by atoms with Crippen LogP contribution in [0.2, 0.25) is 0 Å². The number of ether oxygens (including phenoxy) is 4. The first-order valence-electron chi connectivity index (χ1n) is 20.5. The molecule has 0 aliphatic heterocycles. The van der Waals surface area contributed by atoms with Gasteiger partial charge in [-0.05, 0) is 78.3 Å². The van der Waals surface area contributed by atoms with Gasteiger partial charge in [0.2, 0.25) is 0 Å². The van der Waals surface area contributed by atoms with E-state index in [1.807, 2.05) is 11.3 Å². The summed E-state index contributed by atoms with van der Waals surface area (Å²) in [7, 11) is 3.44. The normalized spacial score (nSPS) is 12.7. The maximum absolute atomic E-state index is 6.48. The Labute approximate surface area is 349 Å². The molecule has 0 saturated heterocycles. The summed E-state index contributed by atoms with van der Waals surface area (Å²) in [6.45, 7) is 30.3. The number of hydrogen-bond donors (Lipinski definition) is 0. The predicted molar refractivity (Wildman–Crippen MR) is 244 cm³/mol. The summed E-state index contributed by atoms with van der Waals surface area (Å²) < 4.78 is 23.8. The number of benzene rings is 4. The fourth-order valence-electron chi connectivity index (χ4n) is 7.07. The number of methoxy groups -OCH3 is 2. The molecule has 1 aromatic heterocycles. The van der Waals surface area contributed by atoms with Crippen LogP contribution in [0, 0.1) is 0 Å². The van der Waals surface area contributed by atoms with E-state index < -0.39 is 0 Å². The van der Waals surface area contributed by atoms with Gasteiger partial charge in [-0.1, -0.05) is 156 Å². The fraction of sp³-hybridized carbons (Fsp3) is 0.462. The van der Waals surface area contributed by atoms with E-state index in [9.17, 15) is 0 Å². The highest BCUT2D eigenvalue weighted by molar-refractivity contribution is 7.19. The molecule has 0 radical (unpaired) electrons. The summed E-state index contributed by atoms with van der Waals surface area (Å²) in [5.74, 6) is 0. The van der Waals surface area contributed by atoms with Crippen LogP contribution in [0.3, 0.4) is 0 Å². The molecular weight excluding hydrogens is 721 g/mol. The summed E-state index contributed by atoms with van der Waals surface area (Å²) in [5.41, 5.74) is 14.9. The highest BCUT2D eigenvalue weighted by Gasteiger charge is 2.28. The first-order valence-corrected chi connectivity index (χ1v) is 21.3. The van der Waals surface area contributed by atoms with Crippen molar-refractivity contribution in [1.82, 2.24) is 0 Å². The molecule has 0 bridgehead atoms. The van der Waals surface area contributed by atoms with Gasteiger partial charge in [-0.15, -0.1) is 11.3 Å². The molecule has 5 aromatic rings. The first-order chi connectivity index (χ1) is 26.7. The number of thiophene rings is 1. The van der Waals surface area contributed by atoms with Crippen molar-refractivity contribution in [2.24, 2.45) is 0 Å². The molecule has 0 aliphatic rings. The highest BCUT2D eigenvalue weighted by atomic mass is 32.1. The van der Waals surface area contributed by atoms with Crippen LogP contribution in [0.1, 0.15) is 116 Å². The van der Waals surface area contributed by atoms with E-state index in [0.29, 0.717) is 39.6 Å². The molecule has 5 rings (SSSR count). The monoisotopic (exact) mass is 788 g/mol. The molecular formula is C52H68O4S. The van der Waals surface area contributed by atoms with E-state index >= 15 is 0 Å². The van der Waals surface area contributed by atoms with Gasteiger partial charge in [-0.2, -0.15) is 0 Å². The van der Waals surface area contributed by atoms with Gasteiger partial charge in [0.25, 0.3) is 0 Å². The van der Waals surface area contributed by atoms with Crippen molar-refractivity contribution in [2.75, 3.05) is 40.6 Å². The van der Waals surface area contributed by atoms with E-state index in [0.717, 1.165) is 11.1 Å². The van der Waals surface area contributed by atoms with Gasteiger partial charge in [0.15, 0.2) is 0 Å². The molecule has 0 amide bonds. The lowest BCUT2D eigenvalue weighted by Gasteiger charge is -2.23. The fourth-order valence-corrected chi connectivity index (χ4v) is 8.45. The third-order valence-corrected chi connectivity index (χ3v) is 12.2. The number of hydrogen-bond acceptors (Lipinski definition) is 5. The Balaban J connectivity index is 1.86. The van der Waals surface area contributed by atoms with Gasteiger partial charge < -0.3 is 18.9 Å². The van der Waals surface area contributed by atoms with Crippen LogP contribution in [0.25, 0.3) is 43.1 Å². The largest absolute Gasteiger partial charge is 0.382 e. The Bertz CT molecular complexity index is 1930. The van der Waals surface area contributed by atoms with Crippen molar-refractivity contribution in [2.45, 2.75) is 118 Å². The summed E-state index contributed by atoms with van der Waals surface area (Å²) in [6, 6.07) is 32.4. The standard InChI is InChI=1S/C52H68O4S/c1-49(2,3)37-19-15-35(16-20-37)41-25-23-39(51(7,8)9)31-43(41)47-45(33-55-29-27-53-13)46(34-56-30-28-54-14)48(57-47)44-32-40(52(10,11)12)24-26-42(44)36-17-21-38(22-18-36)50(4,5)6/h15-26,31-32H,27-30,33-34H2,1-14H3. The molecule has 0 fully saturated rings. The zero-order valence-corrected chi connectivity index (χ0v) is 38.2. The lowest BCUT2D eigenvalue weighted by Crippen LogP contribution is -2.12. The molecule has 0 aliphatic carbocycles. The predicted octanol–water partition coefficient (Wildman–Crippen LogP) is 13.9. The molecule has 0 saturated carbocycles. The molecule has 0 spiro atoms. The van der Waals surface area contributed by atoms with E-state index in [4.69, 9.17) is 18.9 Å². The average Bonchev–Trinajstić information content (AvgIpc) is 3.51. The third-order valence-electron chi connectivity index (χ3n) is 10.9. The molecule has 0 unspecified atom stereocenters. The van der Waals surface area contributed by atoms with E-state index in [2.05, 4.69) is 168 Å². The van der Waals surface area contributed by atoms with Gasteiger partial charge in [0, 0.05) is 46.2 Å². The Morgan fingerprint density at radius 2 is 0.702 bits per heavy atom. The van der Waals surface area contributed by atoms with Gasteiger partial charge >= 0.3 is 0 Å². The van der Waals surface area contributed by atoms with Crippen molar-refractivity contribution < 1.29 is 18.9 Å². The average molecular weight is 789 g/mol. The molecule has 57 heavy (non-hydrogen) atoms. The maximum atomic E-state index is 6.48. The minimum atomic E-state index is -0.0435. The minimum Gasteiger partial charge on any atom is -0.382 e. The zero-order chi connectivity index (χ0) is 41.8. The second-order valence-corrected chi connectivity index (χ2v) is 20.5. The van der Waals surface area contributed by atoms with Gasteiger partial charge in [0.05, 0.1) is 39.6 Å². The summed E-state index contributed by atoms with van der Waals surface area (Å²) in [4.78, 5) is 2.42. The smallest absolute Gasteiger partial charge is 0.0736 e. The quantitative estimate of drug-likeness (QED) is 0.105. The summed E-state index contributed by atoms with van der Waals surface area (Å²) >= 11 is 1.87. The SMILES string of the molecule is COCCOCc1c(-c2cc(C(C)(C)C)ccc2-c2ccc(C(C)(C)C)cc2)sc(-c2cc(C(C)(C)C)ccc2-c2ccc(C(C)(C)C)cc2)c1COCCOC. The molecule has 4 aromatic carbocycles. The van der Waals surface area contributed by atoms with Gasteiger partial charge in [0.1, 0.15) is 0 Å². The Morgan fingerprint density at radius 1 is 0.386 bits per heavy atom. The topological polar surface area (TPSA) is 36.9 Å². The van der Waals surface area contributed by atoms with Crippen molar-refractivity contribution in [1.29, 1.82) is 0 Å². The van der Waals surface area contributed by atoms with Crippen LogP contribution in [-0.2, 0) is 53.8 Å². The molecule has 5 heteroatoms. The molecule has 1 heterocycles. The second-order valence-electron chi connectivity index (χ2n) is 19.5. The third kappa shape index (κ3) is 10.9. The van der Waals surface area contributed by atoms with Crippen LogP contribution < -0.4 is 0 Å². The molecule has 306 valence electrons. The van der Waals surface area contributed by atoms with Crippen LogP contribution in [0.15, 0.2) is 84.9 Å². The molecule has 0 atom stereocenters. The van der Waals surface area contributed by atoms with E-state index in [-0.39, 0.29) is 21.7 Å². The van der Waals surface area contributed by atoms with Crippen LogP contribution in [-0.4, -0.2) is 40.6 Å². The van der Waals surface area contributed by atoms with Crippen LogP contribution in [0.4, 0.5) is 0 Å². The minimum absolute atomic E-state index is 0.0435. The second kappa shape index (κ2) is 18.1. The summed E-state index contributed by atoms with van der Waals surface area (Å²) in [6.07, 6.45) is 0.